The lowest BCUT2D eigenvalue weighted by Gasteiger charge is -2.24. The summed E-state index contributed by atoms with van der Waals surface area (Å²) in [5, 5.41) is 5.74. The number of carbonyl (C=O) groups excluding carboxylic acids is 3. The van der Waals surface area contributed by atoms with Crippen molar-refractivity contribution in [1.82, 2.24) is 10.2 Å². The second-order valence-electron chi connectivity index (χ2n) is 10.1. The summed E-state index contributed by atoms with van der Waals surface area (Å²) >= 11 is 0. The molecule has 0 aromatic heterocycles. The van der Waals surface area contributed by atoms with Crippen molar-refractivity contribution in [3.05, 3.63) is 65.2 Å². The van der Waals surface area contributed by atoms with E-state index < -0.39 is 6.04 Å². The molecule has 1 atom stereocenters. The molecule has 0 bridgehead atoms. The summed E-state index contributed by atoms with van der Waals surface area (Å²) < 4.78 is 0. The lowest BCUT2D eigenvalue weighted by Crippen LogP contribution is -2.49. The zero-order valence-electron chi connectivity index (χ0n) is 22.1. The van der Waals surface area contributed by atoms with Crippen molar-refractivity contribution in [2.45, 2.75) is 83.7 Å². The zero-order valence-corrected chi connectivity index (χ0v) is 22.1. The Bertz CT molecular complexity index is 1020. The standard InChI is InChI=1S/C27H36N4O3.C3H6/c1-20-12-14-21(15-13-20)7-2-3-11-25(32)30-24-10-4-5-16-31(27(24)34)19-26(33)29-23-9-6-8-22(17-23)18-28;1-2-3-1/h6,8-9,12-15,17,24H,2-5,7,10-11,16,18-19,28H2,1H3,(H,29,33)(H,30,32);1-3H2. The fourth-order valence-corrected chi connectivity index (χ4v) is 4.18. The molecule has 1 saturated heterocycles. The van der Waals surface area contributed by atoms with Gasteiger partial charge in [0.15, 0.2) is 0 Å². The van der Waals surface area contributed by atoms with E-state index in [1.54, 1.807) is 11.0 Å². The van der Waals surface area contributed by atoms with Crippen molar-refractivity contribution < 1.29 is 14.4 Å². The minimum absolute atomic E-state index is 0.0331. The van der Waals surface area contributed by atoms with Gasteiger partial charge in [-0.15, -0.1) is 0 Å². The number of hydrogen-bond donors (Lipinski definition) is 3. The van der Waals surface area contributed by atoms with Crippen LogP contribution in [0.5, 0.6) is 0 Å². The van der Waals surface area contributed by atoms with Crippen LogP contribution >= 0.6 is 0 Å². The van der Waals surface area contributed by atoms with Gasteiger partial charge in [0.1, 0.15) is 6.04 Å². The Morgan fingerprint density at radius 3 is 2.41 bits per heavy atom. The van der Waals surface area contributed by atoms with E-state index in [-0.39, 0.29) is 24.3 Å². The summed E-state index contributed by atoms with van der Waals surface area (Å²) in [4.78, 5) is 39.6. The van der Waals surface area contributed by atoms with Crippen LogP contribution in [0, 0.1) is 6.92 Å². The number of rotatable bonds is 10. The second kappa shape index (κ2) is 15.2. The Labute approximate surface area is 221 Å². The van der Waals surface area contributed by atoms with Crippen LogP contribution in [0.2, 0.25) is 0 Å². The van der Waals surface area contributed by atoms with E-state index >= 15 is 0 Å². The number of nitrogens with zero attached hydrogens (tertiary/aromatic N) is 1. The fourth-order valence-electron chi connectivity index (χ4n) is 4.18. The van der Waals surface area contributed by atoms with Gasteiger partial charge >= 0.3 is 0 Å². The van der Waals surface area contributed by atoms with Crippen LogP contribution in [-0.4, -0.2) is 41.8 Å². The van der Waals surface area contributed by atoms with Gasteiger partial charge in [0.2, 0.25) is 17.7 Å². The Morgan fingerprint density at radius 1 is 0.946 bits per heavy atom. The third-order valence-electron chi connectivity index (χ3n) is 6.49. The molecule has 2 fully saturated rings. The Hall–Kier alpha value is -3.19. The number of amides is 3. The van der Waals surface area contributed by atoms with E-state index in [0.29, 0.717) is 31.6 Å². The third-order valence-corrected chi connectivity index (χ3v) is 6.49. The van der Waals surface area contributed by atoms with Crippen LogP contribution in [0.3, 0.4) is 0 Å². The quantitative estimate of drug-likeness (QED) is 0.414. The van der Waals surface area contributed by atoms with E-state index in [1.165, 1.54) is 30.4 Å². The monoisotopic (exact) mass is 506 g/mol. The number of hydrogen-bond acceptors (Lipinski definition) is 4. The zero-order chi connectivity index (χ0) is 26.5. The average Bonchev–Trinajstić information content (AvgIpc) is 3.78. The first kappa shape index (κ1) is 28.4. The maximum atomic E-state index is 13.0. The predicted octanol–water partition coefficient (Wildman–Crippen LogP) is 4.47. The Morgan fingerprint density at radius 2 is 1.70 bits per heavy atom. The topological polar surface area (TPSA) is 105 Å². The first-order valence-electron chi connectivity index (χ1n) is 13.7. The summed E-state index contributed by atoms with van der Waals surface area (Å²) in [5.74, 6) is -0.547. The summed E-state index contributed by atoms with van der Waals surface area (Å²) in [6, 6.07) is 15.2. The molecule has 37 heavy (non-hydrogen) atoms. The minimum Gasteiger partial charge on any atom is -0.344 e. The Kier molecular flexibility index (Phi) is 11.6. The van der Waals surface area contributed by atoms with Gasteiger partial charge in [-0.1, -0.05) is 61.2 Å². The van der Waals surface area contributed by atoms with Gasteiger partial charge in [0.05, 0.1) is 6.54 Å². The number of aryl methyl sites for hydroxylation is 2. The van der Waals surface area contributed by atoms with Crippen LogP contribution in [0.15, 0.2) is 48.5 Å². The fraction of sp³-hybridized carbons (Fsp3) is 0.500. The molecule has 4 rings (SSSR count). The first-order chi connectivity index (χ1) is 17.9. The largest absolute Gasteiger partial charge is 0.344 e. The number of anilines is 1. The molecule has 4 N–H and O–H groups in total. The second-order valence-corrected chi connectivity index (χ2v) is 10.1. The molecule has 2 aromatic rings. The van der Waals surface area contributed by atoms with E-state index in [0.717, 1.165) is 37.7 Å². The number of carbonyl (C=O) groups is 3. The molecular weight excluding hydrogens is 464 g/mol. The van der Waals surface area contributed by atoms with Gasteiger partial charge in [-0.25, -0.2) is 0 Å². The Balaban J connectivity index is 0.00000118. The van der Waals surface area contributed by atoms with Gasteiger partial charge in [-0.2, -0.15) is 0 Å². The summed E-state index contributed by atoms with van der Waals surface area (Å²) in [6.45, 7) is 2.94. The highest BCUT2D eigenvalue weighted by molar-refractivity contribution is 5.96. The smallest absolute Gasteiger partial charge is 0.245 e. The third kappa shape index (κ3) is 10.8. The molecule has 200 valence electrons. The van der Waals surface area contributed by atoms with E-state index in [4.69, 9.17) is 5.73 Å². The van der Waals surface area contributed by atoms with Crippen molar-refractivity contribution in [3.8, 4) is 0 Å². The van der Waals surface area contributed by atoms with Gasteiger partial charge in [-0.3, -0.25) is 14.4 Å². The average molecular weight is 507 g/mol. The van der Waals surface area contributed by atoms with Crippen LogP contribution in [0.4, 0.5) is 5.69 Å². The van der Waals surface area contributed by atoms with Gasteiger partial charge < -0.3 is 21.3 Å². The lowest BCUT2D eigenvalue weighted by atomic mass is 10.1. The SMILES string of the molecule is C1CC1.Cc1ccc(CCCCC(=O)NC2CCCCN(CC(=O)Nc3cccc(CN)c3)C2=O)cc1. The number of benzene rings is 2. The molecule has 2 aromatic carbocycles. The van der Waals surface area contributed by atoms with E-state index in [2.05, 4.69) is 41.8 Å². The van der Waals surface area contributed by atoms with Crippen LogP contribution in [0.25, 0.3) is 0 Å². The van der Waals surface area contributed by atoms with Crippen molar-refractivity contribution in [3.63, 3.8) is 0 Å². The molecule has 7 nitrogen and oxygen atoms in total. The summed E-state index contributed by atoms with van der Waals surface area (Å²) in [5.41, 5.74) is 9.75. The number of likely N-dealkylation sites (tertiary alicyclic amines) is 1. The maximum absolute atomic E-state index is 13.0. The highest BCUT2D eigenvalue weighted by atomic mass is 16.2. The molecule has 1 heterocycles. The van der Waals surface area contributed by atoms with E-state index in [1.807, 2.05) is 18.2 Å². The normalized spacial score (nSPS) is 16.8. The molecule has 0 spiro atoms. The van der Waals surface area contributed by atoms with Gasteiger partial charge in [-0.05, 0) is 68.7 Å². The summed E-state index contributed by atoms with van der Waals surface area (Å²) in [7, 11) is 0. The molecule has 7 heteroatoms. The summed E-state index contributed by atoms with van der Waals surface area (Å²) in [6.07, 6.45) is 9.78. The van der Waals surface area contributed by atoms with Crippen LogP contribution < -0.4 is 16.4 Å². The molecule has 3 amide bonds. The number of nitrogens with two attached hydrogens (primary N) is 1. The molecule has 0 radical (unpaired) electrons. The number of nitrogens with one attached hydrogen (secondary N) is 2. The molecular formula is C30H42N4O3. The lowest BCUT2D eigenvalue weighted by molar-refractivity contribution is -0.138. The van der Waals surface area contributed by atoms with Crippen molar-refractivity contribution in [1.29, 1.82) is 0 Å². The molecule has 1 unspecified atom stereocenters. The molecule has 1 aliphatic heterocycles. The molecule has 2 aliphatic rings. The minimum atomic E-state index is -0.569. The first-order valence-corrected chi connectivity index (χ1v) is 13.7. The predicted molar refractivity (Wildman–Crippen MR) is 148 cm³/mol. The molecule has 1 aliphatic carbocycles. The highest BCUT2D eigenvalue weighted by Crippen LogP contribution is 2.15. The van der Waals surface area contributed by atoms with Crippen molar-refractivity contribution in [2.24, 2.45) is 5.73 Å². The van der Waals surface area contributed by atoms with E-state index in [9.17, 15) is 14.4 Å². The number of unbranched alkanes of at least 4 members (excludes halogenated alkanes) is 1. The van der Waals surface area contributed by atoms with Crippen molar-refractivity contribution >= 4 is 23.4 Å². The van der Waals surface area contributed by atoms with Crippen LogP contribution in [0.1, 0.15) is 74.5 Å². The molecule has 1 saturated carbocycles. The van der Waals surface area contributed by atoms with Crippen LogP contribution in [-0.2, 0) is 27.3 Å². The maximum Gasteiger partial charge on any atom is 0.245 e. The van der Waals surface area contributed by atoms with Gasteiger partial charge in [0, 0.05) is 25.2 Å². The van der Waals surface area contributed by atoms with Crippen molar-refractivity contribution in [2.75, 3.05) is 18.4 Å². The highest BCUT2D eigenvalue weighted by Gasteiger charge is 2.29. The van der Waals surface area contributed by atoms with Gasteiger partial charge in [0.25, 0.3) is 0 Å².